The lowest BCUT2D eigenvalue weighted by molar-refractivity contribution is -0.127. The predicted molar refractivity (Wildman–Crippen MR) is 113 cm³/mol. The summed E-state index contributed by atoms with van der Waals surface area (Å²) >= 11 is 0. The normalized spacial score (nSPS) is 15.7. The highest BCUT2D eigenvalue weighted by molar-refractivity contribution is 5.84. The van der Waals surface area contributed by atoms with E-state index in [9.17, 15) is 4.79 Å². The second kappa shape index (κ2) is 15.5. The molecule has 0 unspecified atom stereocenters. The first-order valence-electron chi connectivity index (χ1n) is 10.2. The molecule has 164 valence electrons. The number of morpholine rings is 1. The highest BCUT2D eigenvalue weighted by Gasteiger charge is 2.10. The number of carbonyl (C=O) groups excluding carboxylic acids is 1. The maximum atomic E-state index is 11.8. The largest absolute Gasteiger partial charge is 0.385 e. The van der Waals surface area contributed by atoms with Gasteiger partial charge in [0.05, 0.1) is 13.2 Å². The number of ether oxygens (including phenoxy) is 2. The van der Waals surface area contributed by atoms with Gasteiger partial charge in [0.25, 0.3) is 0 Å². The topological polar surface area (TPSA) is 81.7 Å². The van der Waals surface area contributed by atoms with Crippen molar-refractivity contribution in [1.29, 1.82) is 0 Å². The van der Waals surface area contributed by atoms with Crippen molar-refractivity contribution in [1.82, 2.24) is 25.3 Å². The number of nitrogens with zero attached hydrogens (tertiary/aromatic N) is 4. The molecule has 0 atom stereocenters. The number of guanidine groups is 1. The summed E-state index contributed by atoms with van der Waals surface area (Å²) in [6.07, 6.45) is 2.05. The fourth-order valence-corrected chi connectivity index (χ4v) is 2.75. The summed E-state index contributed by atoms with van der Waals surface area (Å²) in [5, 5.41) is 6.69. The van der Waals surface area contributed by atoms with E-state index in [1.807, 2.05) is 0 Å². The average molecular weight is 401 g/mol. The fourth-order valence-electron chi connectivity index (χ4n) is 2.75. The molecule has 0 aromatic rings. The first kappa shape index (κ1) is 24.6. The van der Waals surface area contributed by atoms with E-state index in [0.717, 1.165) is 78.5 Å². The molecule has 1 saturated heterocycles. The number of aliphatic imine (C=N–C) groups is 1. The van der Waals surface area contributed by atoms with Gasteiger partial charge in [-0.2, -0.15) is 0 Å². The molecule has 0 spiro atoms. The number of nitrogens with one attached hydrogen (secondary N) is 2. The van der Waals surface area contributed by atoms with Crippen LogP contribution in [0.5, 0.6) is 0 Å². The predicted octanol–water partition coefficient (Wildman–Crippen LogP) is -0.700. The lowest BCUT2D eigenvalue weighted by Gasteiger charge is -2.26. The molecule has 2 N–H and O–H groups in total. The van der Waals surface area contributed by atoms with Crippen LogP contribution < -0.4 is 10.6 Å². The van der Waals surface area contributed by atoms with Gasteiger partial charge in [-0.3, -0.25) is 9.69 Å². The van der Waals surface area contributed by atoms with Crippen LogP contribution in [0.3, 0.4) is 0 Å². The molecular formula is C19H40N6O3. The van der Waals surface area contributed by atoms with E-state index in [4.69, 9.17) is 9.47 Å². The van der Waals surface area contributed by atoms with Crippen LogP contribution >= 0.6 is 0 Å². The molecule has 9 nitrogen and oxygen atoms in total. The maximum Gasteiger partial charge on any atom is 0.243 e. The number of rotatable bonds is 13. The van der Waals surface area contributed by atoms with E-state index in [0.29, 0.717) is 5.96 Å². The zero-order valence-electron chi connectivity index (χ0n) is 18.2. The van der Waals surface area contributed by atoms with Gasteiger partial charge >= 0.3 is 0 Å². The summed E-state index contributed by atoms with van der Waals surface area (Å²) in [5.74, 6) is 0.688. The molecule has 1 aliphatic heterocycles. The molecule has 1 aliphatic rings. The molecule has 1 rings (SSSR count). The van der Waals surface area contributed by atoms with Crippen LogP contribution in [-0.4, -0.2) is 127 Å². The molecule has 0 aromatic heterocycles. The van der Waals surface area contributed by atoms with Crippen LogP contribution in [-0.2, 0) is 14.3 Å². The minimum atomic E-state index is -0.00824. The van der Waals surface area contributed by atoms with Gasteiger partial charge in [0.1, 0.15) is 6.54 Å². The third-order valence-corrected chi connectivity index (χ3v) is 4.59. The van der Waals surface area contributed by atoms with E-state index in [1.165, 1.54) is 0 Å². The molecule has 1 amide bonds. The number of hydrogen-bond donors (Lipinski definition) is 2. The van der Waals surface area contributed by atoms with Crippen molar-refractivity contribution in [3.63, 3.8) is 0 Å². The molecule has 1 fully saturated rings. The fraction of sp³-hybridized carbons (Fsp3) is 0.895. The monoisotopic (exact) mass is 400 g/mol. The van der Waals surface area contributed by atoms with Gasteiger partial charge in [0.15, 0.2) is 5.96 Å². The minimum Gasteiger partial charge on any atom is -0.385 e. The third kappa shape index (κ3) is 12.1. The third-order valence-electron chi connectivity index (χ3n) is 4.59. The second-order valence-electron chi connectivity index (χ2n) is 7.26. The SMILES string of the molecule is COCCCN(C)CCNC(=NCC(=O)N(C)C)NCCCN1CCOCC1. The van der Waals surface area contributed by atoms with Crippen molar-refractivity contribution >= 4 is 11.9 Å². The van der Waals surface area contributed by atoms with Crippen molar-refractivity contribution in [3.05, 3.63) is 0 Å². The smallest absolute Gasteiger partial charge is 0.243 e. The molecular weight excluding hydrogens is 360 g/mol. The van der Waals surface area contributed by atoms with Gasteiger partial charge in [-0.1, -0.05) is 0 Å². The number of carbonyl (C=O) groups is 1. The van der Waals surface area contributed by atoms with Crippen molar-refractivity contribution in [2.45, 2.75) is 12.8 Å². The number of hydrogen-bond acceptors (Lipinski definition) is 6. The van der Waals surface area contributed by atoms with Crippen LogP contribution in [0.25, 0.3) is 0 Å². The molecule has 1 heterocycles. The van der Waals surface area contributed by atoms with Gasteiger partial charge in [-0.05, 0) is 26.4 Å². The zero-order valence-corrected chi connectivity index (χ0v) is 18.2. The van der Waals surface area contributed by atoms with E-state index in [1.54, 1.807) is 26.1 Å². The Morgan fingerprint density at radius 3 is 2.50 bits per heavy atom. The molecule has 0 aromatic carbocycles. The molecule has 0 aliphatic carbocycles. The lowest BCUT2D eigenvalue weighted by Crippen LogP contribution is -2.43. The number of methoxy groups -OCH3 is 1. The summed E-state index contributed by atoms with van der Waals surface area (Å²) in [7, 11) is 7.31. The highest BCUT2D eigenvalue weighted by Crippen LogP contribution is 1.97. The summed E-state index contributed by atoms with van der Waals surface area (Å²) in [5.41, 5.74) is 0. The first-order chi connectivity index (χ1) is 13.5. The van der Waals surface area contributed by atoms with Crippen molar-refractivity contribution < 1.29 is 14.3 Å². The van der Waals surface area contributed by atoms with E-state index in [2.05, 4.69) is 32.5 Å². The van der Waals surface area contributed by atoms with Crippen LogP contribution in [0.2, 0.25) is 0 Å². The summed E-state index contributed by atoms with van der Waals surface area (Å²) in [4.78, 5) is 22.5. The Labute approximate surface area is 170 Å². The van der Waals surface area contributed by atoms with Crippen LogP contribution in [0.15, 0.2) is 4.99 Å². The van der Waals surface area contributed by atoms with E-state index >= 15 is 0 Å². The minimum absolute atomic E-state index is 0.00824. The average Bonchev–Trinajstić information content (AvgIpc) is 2.69. The summed E-state index contributed by atoms with van der Waals surface area (Å²) in [6.45, 7) is 9.13. The number of likely N-dealkylation sites (N-methyl/N-ethyl adjacent to an activating group) is 2. The van der Waals surface area contributed by atoms with E-state index in [-0.39, 0.29) is 12.5 Å². The Morgan fingerprint density at radius 2 is 1.82 bits per heavy atom. The quantitative estimate of drug-likeness (QED) is 0.240. The highest BCUT2D eigenvalue weighted by atomic mass is 16.5. The molecule has 0 radical (unpaired) electrons. The van der Waals surface area contributed by atoms with Crippen LogP contribution in [0.1, 0.15) is 12.8 Å². The molecule has 0 saturated carbocycles. The summed E-state index contributed by atoms with van der Waals surface area (Å²) < 4.78 is 10.5. The standard InChI is InChI=1S/C19H40N6O3/c1-23(2)18(26)17-22-19(21-8-11-24(3)9-6-14-27-4)20-7-5-10-25-12-15-28-16-13-25/h5-17H2,1-4H3,(H2,20,21,22). The first-order valence-corrected chi connectivity index (χ1v) is 10.2. The maximum absolute atomic E-state index is 11.8. The Hall–Kier alpha value is -1.42. The van der Waals surface area contributed by atoms with Gasteiger partial charge in [0.2, 0.25) is 5.91 Å². The lowest BCUT2D eigenvalue weighted by atomic mass is 10.3. The Morgan fingerprint density at radius 1 is 1.11 bits per heavy atom. The Balaban J connectivity index is 2.33. The zero-order chi connectivity index (χ0) is 20.6. The van der Waals surface area contributed by atoms with Gasteiger partial charge in [-0.15, -0.1) is 0 Å². The molecule has 0 bridgehead atoms. The van der Waals surface area contributed by atoms with Crippen molar-refractivity contribution in [2.75, 3.05) is 100 Å². The van der Waals surface area contributed by atoms with Gasteiger partial charge in [0, 0.05) is 67.1 Å². The Bertz CT molecular complexity index is 441. The van der Waals surface area contributed by atoms with E-state index < -0.39 is 0 Å². The van der Waals surface area contributed by atoms with Crippen molar-refractivity contribution in [2.24, 2.45) is 4.99 Å². The second-order valence-corrected chi connectivity index (χ2v) is 7.26. The summed E-state index contributed by atoms with van der Waals surface area (Å²) in [6, 6.07) is 0. The Kier molecular flexibility index (Phi) is 13.6. The van der Waals surface area contributed by atoms with Gasteiger partial charge < -0.3 is 29.9 Å². The van der Waals surface area contributed by atoms with Crippen molar-refractivity contribution in [3.8, 4) is 0 Å². The molecule has 9 heteroatoms. The number of amides is 1. The van der Waals surface area contributed by atoms with Gasteiger partial charge in [-0.25, -0.2) is 4.99 Å². The van der Waals surface area contributed by atoms with Crippen LogP contribution in [0, 0.1) is 0 Å². The van der Waals surface area contributed by atoms with Crippen LogP contribution in [0.4, 0.5) is 0 Å². The molecule has 28 heavy (non-hydrogen) atoms.